The summed E-state index contributed by atoms with van der Waals surface area (Å²) in [4.78, 5) is 20.7. The Morgan fingerprint density at radius 2 is 2.14 bits per heavy atom. The molecule has 0 aliphatic heterocycles. The standard InChI is InChI=1S/C11H10O3/c1-8-4-5-10(11(13)14)7-9(8)3-2-6-12/h2-7H,1H3,(H,13,14). The van der Waals surface area contributed by atoms with E-state index in [0.29, 0.717) is 6.29 Å². The average molecular weight is 190 g/mol. The largest absolute Gasteiger partial charge is 0.478 e. The highest BCUT2D eigenvalue weighted by atomic mass is 16.4. The third kappa shape index (κ3) is 2.29. The van der Waals surface area contributed by atoms with E-state index in [1.54, 1.807) is 12.1 Å². The molecule has 1 aromatic carbocycles. The fourth-order valence-electron chi connectivity index (χ4n) is 1.10. The van der Waals surface area contributed by atoms with Crippen molar-refractivity contribution < 1.29 is 14.7 Å². The molecular weight excluding hydrogens is 180 g/mol. The molecule has 0 atom stereocenters. The maximum atomic E-state index is 10.6. The molecule has 0 fully saturated rings. The topological polar surface area (TPSA) is 54.4 Å². The molecule has 0 amide bonds. The Bertz CT molecular complexity index is 392. The molecule has 72 valence electrons. The maximum absolute atomic E-state index is 10.6. The van der Waals surface area contributed by atoms with Gasteiger partial charge in [0.15, 0.2) is 0 Å². The summed E-state index contributed by atoms with van der Waals surface area (Å²) < 4.78 is 0. The number of allylic oxidation sites excluding steroid dienone is 1. The Kier molecular flexibility index (Phi) is 3.18. The van der Waals surface area contributed by atoms with E-state index in [1.807, 2.05) is 6.92 Å². The van der Waals surface area contributed by atoms with Gasteiger partial charge in [-0.1, -0.05) is 12.1 Å². The first kappa shape index (κ1) is 10.2. The van der Waals surface area contributed by atoms with Gasteiger partial charge in [0.1, 0.15) is 6.29 Å². The van der Waals surface area contributed by atoms with Gasteiger partial charge >= 0.3 is 5.97 Å². The number of carbonyl (C=O) groups excluding carboxylic acids is 1. The van der Waals surface area contributed by atoms with Gasteiger partial charge in [0.25, 0.3) is 0 Å². The number of carbonyl (C=O) groups is 2. The molecule has 3 heteroatoms. The minimum absolute atomic E-state index is 0.223. The van der Waals surface area contributed by atoms with Gasteiger partial charge in [0.05, 0.1) is 5.56 Å². The van der Waals surface area contributed by atoms with E-state index < -0.39 is 5.97 Å². The monoisotopic (exact) mass is 190 g/mol. The van der Waals surface area contributed by atoms with Crippen LogP contribution in [0.1, 0.15) is 21.5 Å². The summed E-state index contributed by atoms with van der Waals surface area (Å²) in [6, 6.07) is 4.79. The molecule has 1 aromatic rings. The second-order valence-corrected chi connectivity index (χ2v) is 2.87. The van der Waals surface area contributed by atoms with Gasteiger partial charge in [-0.2, -0.15) is 0 Å². The lowest BCUT2D eigenvalue weighted by Gasteiger charge is -2.01. The SMILES string of the molecule is Cc1ccc(C(=O)O)cc1C=CC=O. The summed E-state index contributed by atoms with van der Waals surface area (Å²) in [5, 5.41) is 8.73. The normalized spacial score (nSPS) is 10.4. The predicted molar refractivity (Wildman–Crippen MR) is 53.2 cm³/mol. The van der Waals surface area contributed by atoms with Gasteiger partial charge in [-0.15, -0.1) is 0 Å². The van der Waals surface area contributed by atoms with E-state index >= 15 is 0 Å². The smallest absolute Gasteiger partial charge is 0.335 e. The van der Waals surface area contributed by atoms with Crippen molar-refractivity contribution in [3.8, 4) is 0 Å². The second kappa shape index (κ2) is 4.37. The van der Waals surface area contributed by atoms with Gasteiger partial charge in [-0.3, -0.25) is 4.79 Å². The number of aromatic carboxylic acids is 1. The predicted octanol–water partition coefficient (Wildman–Crippen LogP) is 1.91. The number of carboxylic acid groups (broad SMARTS) is 1. The number of hydrogen-bond donors (Lipinski definition) is 1. The van der Waals surface area contributed by atoms with Gasteiger partial charge in [-0.25, -0.2) is 4.79 Å². The average Bonchev–Trinajstić information content (AvgIpc) is 2.16. The van der Waals surface area contributed by atoms with Crippen LogP contribution in [0.5, 0.6) is 0 Å². The summed E-state index contributed by atoms with van der Waals surface area (Å²) in [7, 11) is 0. The molecule has 0 saturated carbocycles. The molecule has 0 unspecified atom stereocenters. The molecule has 3 nitrogen and oxygen atoms in total. The van der Waals surface area contributed by atoms with Gasteiger partial charge < -0.3 is 5.11 Å². The highest BCUT2D eigenvalue weighted by Crippen LogP contribution is 2.12. The van der Waals surface area contributed by atoms with Crippen molar-refractivity contribution in [3.63, 3.8) is 0 Å². The van der Waals surface area contributed by atoms with Crippen LogP contribution in [0, 0.1) is 6.92 Å². The van der Waals surface area contributed by atoms with Crippen molar-refractivity contribution in [1.82, 2.24) is 0 Å². The molecule has 1 rings (SSSR count). The Balaban J connectivity index is 3.14. The minimum Gasteiger partial charge on any atom is -0.478 e. The molecule has 0 saturated heterocycles. The van der Waals surface area contributed by atoms with E-state index in [0.717, 1.165) is 11.1 Å². The number of benzene rings is 1. The molecule has 0 aliphatic rings. The zero-order valence-electron chi connectivity index (χ0n) is 7.73. The van der Waals surface area contributed by atoms with Gasteiger partial charge in [-0.05, 0) is 36.3 Å². The van der Waals surface area contributed by atoms with Crippen molar-refractivity contribution in [2.75, 3.05) is 0 Å². The first-order valence-electron chi connectivity index (χ1n) is 4.11. The molecule has 0 heterocycles. The van der Waals surface area contributed by atoms with E-state index in [9.17, 15) is 9.59 Å². The van der Waals surface area contributed by atoms with Crippen molar-refractivity contribution in [1.29, 1.82) is 0 Å². The van der Waals surface area contributed by atoms with Crippen molar-refractivity contribution in [2.45, 2.75) is 6.92 Å². The molecule has 0 bridgehead atoms. The van der Waals surface area contributed by atoms with Crippen molar-refractivity contribution >= 4 is 18.3 Å². The summed E-state index contributed by atoms with van der Waals surface area (Å²) in [6.45, 7) is 1.86. The fourth-order valence-corrected chi connectivity index (χ4v) is 1.10. The first-order chi connectivity index (χ1) is 6.65. The van der Waals surface area contributed by atoms with Crippen LogP contribution >= 0.6 is 0 Å². The van der Waals surface area contributed by atoms with Crippen LogP contribution in [0.4, 0.5) is 0 Å². The molecule has 0 aliphatic carbocycles. The summed E-state index contributed by atoms with van der Waals surface area (Å²) in [5.41, 5.74) is 1.91. The molecular formula is C11H10O3. The second-order valence-electron chi connectivity index (χ2n) is 2.87. The number of aldehydes is 1. The number of aryl methyl sites for hydroxylation is 1. The van der Waals surface area contributed by atoms with E-state index in [-0.39, 0.29) is 5.56 Å². The molecule has 14 heavy (non-hydrogen) atoms. The third-order valence-electron chi connectivity index (χ3n) is 1.88. The maximum Gasteiger partial charge on any atom is 0.335 e. The zero-order chi connectivity index (χ0) is 10.6. The quantitative estimate of drug-likeness (QED) is 0.585. The van der Waals surface area contributed by atoms with Crippen LogP contribution in [0.25, 0.3) is 6.08 Å². The van der Waals surface area contributed by atoms with E-state index in [4.69, 9.17) is 5.11 Å². The Morgan fingerprint density at radius 1 is 1.43 bits per heavy atom. The summed E-state index contributed by atoms with van der Waals surface area (Å²) in [5.74, 6) is -0.967. The fraction of sp³-hybridized carbons (Fsp3) is 0.0909. The van der Waals surface area contributed by atoms with E-state index in [2.05, 4.69) is 0 Å². The Morgan fingerprint density at radius 3 is 2.71 bits per heavy atom. The lowest BCUT2D eigenvalue weighted by Crippen LogP contribution is -1.97. The van der Waals surface area contributed by atoms with Crippen LogP contribution in [0.15, 0.2) is 24.3 Å². The highest BCUT2D eigenvalue weighted by molar-refractivity contribution is 5.89. The highest BCUT2D eigenvalue weighted by Gasteiger charge is 2.03. The Labute approximate surface area is 81.7 Å². The lowest BCUT2D eigenvalue weighted by atomic mass is 10.0. The first-order valence-corrected chi connectivity index (χ1v) is 4.11. The van der Waals surface area contributed by atoms with Crippen LogP contribution in [-0.2, 0) is 4.79 Å². The summed E-state index contributed by atoms with van der Waals surface area (Å²) >= 11 is 0. The Hall–Kier alpha value is -1.90. The third-order valence-corrected chi connectivity index (χ3v) is 1.88. The van der Waals surface area contributed by atoms with Crippen LogP contribution in [0.2, 0.25) is 0 Å². The van der Waals surface area contributed by atoms with Crippen LogP contribution in [0.3, 0.4) is 0 Å². The van der Waals surface area contributed by atoms with Crippen LogP contribution < -0.4 is 0 Å². The van der Waals surface area contributed by atoms with Crippen molar-refractivity contribution in [3.05, 3.63) is 41.0 Å². The lowest BCUT2D eigenvalue weighted by molar-refractivity contribution is -0.104. The number of carboxylic acids is 1. The number of rotatable bonds is 3. The zero-order valence-corrected chi connectivity index (χ0v) is 7.73. The minimum atomic E-state index is -0.967. The molecule has 0 aromatic heterocycles. The molecule has 0 radical (unpaired) electrons. The van der Waals surface area contributed by atoms with Crippen molar-refractivity contribution in [2.24, 2.45) is 0 Å². The molecule has 1 N–H and O–H groups in total. The summed E-state index contributed by atoms with van der Waals surface area (Å²) in [6.07, 6.45) is 3.59. The van der Waals surface area contributed by atoms with Gasteiger partial charge in [0.2, 0.25) is 0 Å². The van der Waals surface area contributed by atoms with Gasteiger partial charge in [0, 0.05) is 0 Å². The van der Waals surface area contributed by atoms with Crippen LogP contribution in [-0.4, -0.2) is 17.4 Å². The number of hydrogen-bond acceptors (Lipinski definition) is 2. The van der Waals surface area contributed by atoms with E-state index in [1.165, 1.54) is 18.2 Å². The molecule has 0 spiro atoms.